The van der Waals surface area contributed by atoms with Crippen molar-refractivity contribution in [2.75, 3.05) is 29.9 Å². The van der Waals surface area contributed by atoms with Gasteiger partial charge in [0.25, 0.3) is 5.91 Å². The number of rotatable bonds is 5. The number of anilines is 1. The highest BCUT2D eigenvalue weighted by molar-refractivity contribution is 7.91. The Bertz CT molecular complexity index is 1150. The summed E-state index contributed by atoms with van der Waals surface area (Å²) in [6, 6.07) is 14.7. The molecular weight excluding hydrogens is 432 g/mol. The molecule has 2 aromatic carbocycles. The lowest BCUT2D eigenvalue weighted by Gasteiger charge is -2.33. The number of hydrogen-bond donors (Lipinski definition) is 3. The lowest BCUT2D eigenvalue weighted by molar-refractivity contribution is -0.123. The zero-order valence-corrected chi connectivity index (χ0v) is 18.3. The fraction of sp³-hybridized carbons (Fsp3) is 0.318. The summed E-state index contributed by atoms with van der Waals surface area (Å²) in [7, 11) is -3.09. The van der Waals surface area contributed by atoms with Crippen LogP contribution in [0.1, 0.15) is 24.1 Å². The molecule has 4 amide bonds. The van der Waals surface area contributed by atoms with Crippen LogP contribution >= 0.6 is 0 Å². The van der Waals surface area contributed by atoms with Crippen molar-refractivity contribution in [1.29, 1.82) is 0 Å². The van der Waals surface area contributed by atoms with Gasteiger partial charge in [-0.2, -0.15) is 0 Å². The molecule has 2 heterocycles. The largest absolute Gasteiger partial charge is 0.324 e. The molecule has 2 atom stereocenters. The number of nitrogens with zero attached hydrogens (tertiary/aromatic N) is 1. The third-order valence-electron chi connectivity index (χ3n) is 5.86. The molecule has 2 aromatic rings. The maximum atomic E-state index is 13.4. The van der Waals surface area contributed by atoms with Gasteiger partial charge >= 0.3 is 6.03 Å². The maximum absolute atomic E-state index is 13.4. The zero-order chi connectivity index (χ0) is 22.9. The van der Waals surface area contributed by atoms with E-state index >= 15 is 0 Å². The summed E-state index contributed by atoms with van der Waals surface area (Å²) in [6.07, 6.45) is 0. The normalized spacial score (nSPS) is 23.8. The lowest BCUT2D eigenvalue weighted by Crippen LogP contribution is -2.46. The van der Waals surface area contributed by atoms with Crippen LogP contribution in [0.4, 0.5) is 10.5 Å². The van der Waals surface area contributed by atoms with Gasteiger partial charge in [-0.05, 0) is 30.2 Å². The minimum Gasteiger partial charge on any atom is -0.324 e. The second-order valence-corrected chi connectivity index (χ2v) is 10.4. The van der Waals surface area contributed by atoms with E-state index in [1.165, 1.54) is 0 Å². The van der Waals surface area contributed by atoms with Crippen molar-refractivity contribution in [3.8, 4) is 0 Å². The van der Waals surface area contributed by atoms with Crippen molar-refractivity contribution in [3.05, 3.63) is 65.7 Å². The molecular formula is C22H24N4O5S. The number of imide groups is 1. The number of carbonyl (C=O) groups is 3. The predicted octanol–water partition coefficient (Wildman–Crippen LogP) is 1.15. The van der Waals surface area contributed by atoms with Crippen LogP contribution in [0.5, 0.6) is 0 Å². The summed E-state index contributed by atoms with van der Waals surface area (Å²) < 4.78 is 23.7. The Labute approximate surface area is 186 Å². The van der Waals surface area contributed by atoms with Crippen molar-refractivity contribution >= 4 is 33.4 Å². The van der Waals surface area contributed by atoms with Gasteiger partial charge < -0.3 is 10.6 Å². The molecule has 2 fully saturated rings. The summed E-state index contributed by atoms with van der Waals surface area (Å²) >= 11 is 0. The number of hydrogen-bond acceptors (Lipinski definition) is 6. The van der Waals surface area contributed by atoms with Crippen LogP contribution in [0.3, 0.4) is 0 Å². The van der Waals surface area contributed by atoms with E-state index in [1.54, 1.807) is 31.2 Å². The number of carbonyl (C=O) groups excluding carboxylic acids is 3. The molecule has 2 saturated heterocycles. The average Bonchev–Trinajstić information content (AvgIpc) is 3.03. The Hall–Kier alpha value is -3.24. The van der Waals surface area contributed by atoms with E-state index in [0.29, 0.717) is 11.3 Å². The molecule has 32 heavy (non-hydrogen) atoms. The van der Waals surface area contributed by atoms with E-state index < -0.39 is 33.4 Å². The Morgan fingerprint density at radius 1 is 1.06 bits per heavy atom. The third kappa shape index (κ3) is 4.37. The molecule has 2 aliphatic rings. The Morgan fingerprint density at radius 3 is 2.38 bits per heavy atom. The molecule has 2 aliphatic heterocycles. The number of amides is 4. The van der Waals surface area contributed by atoms with Crippen LogP contribution in [0, 0.1) is 0 Å². The number of sulfone groups is 1. The minimum absolute atomic E-state index is 0.00621. The molecule has 3 N–H and O–H groups in total. The molecule has 10 heteroatoms. The van der Waals surface area contributed by atoms with Crippen LogP contribution in [-0.2, 0) is 25.0 Å². The number of urea groups is 1. The molecule has 168 valence electrons. The smallest absolute Gasteiger partial charge is 0.322 e. The summed E-state index contributed by atoms with van der Waals surface area (Å²) in [5, 5.41) is 7.72. The zero-order valence-electron chi connectivity index (χ0n) is 17.5. The van der Waals surface area contributed by atoms with E-state index in [0.717, 1.165) is 5.56 Å². The van der Waals surface area contributed by atoms with Gasteiger partial charge in [-0.1, -0.05) is 42.5 Å². The van der Waals surface area contributed by atoms with Gasteiger partial charge in [0.2, 0.25) is 5.91 Å². The average molecular weight is 457 g/mol. The summed E-state index contributed by atoms with van der Waals surface area (Å²) in [4.78, 5) is 39.1. The van der Waals surface area contributed by atoms with Gasteiger partial charge in [-0.3, -0.25) is 19.8 Å². The van der Waals surface area contributed by atoms with E-state index in [1.807, 2.05) is 35.2 Å². The molecule has 0 aromatic heterocycles. The van der Waals surface area contributed by atoms with Crippen LogP contribution in [0.2, 0.25) is 0 Å². The topological polar surface area (TPSA) is 125 Å². The maximum Gasteiger partial charge on any atom is 0.322 e. The highest BCUT2D eigenvalue weighted by Gasteiger charge is 2.43. The van der Waals surface area contributed by atoms with Crippen molar-refractivity contribution < 1.29 is 22.8 Å². The molecule has 0 aliphatic carbocycles. The van der Waals surface area contributed by atoms with Gasteiger partial charge in [-0.15, -0.1) is 0 Å². The molecule has 0 bridgehead atoms. The molecule has 0 saturated carbocycles. The number of benzene rings is 2. The van der Waals surface area contributed by atoms with Crippen LogP contribution in [0.15, 0.2) is 54.6 Å². The third-order valence-corrected chi connectivity index (χ3v) is 7.47. The highest BCUT2D eigenvalue weighted by atomic mass is 32.2. The monoisotopic (exact) mass is 456 g/mol. The van der Waals surface area contributed by atoms with Gasteiger partial charge in [-0.25, -0.2) is 13.2 Å². The Kier molecular flexibility index (Phi) is 5.74. The lowest BCUT2D eigenvalue weighted by atomic mass is 9.92. The second-order valence-electron chi connectivity index (χ2n) is 8.10. The fourth-order valence-corrected chi connectivity index (χ4v) is 5.24. The van der Waals surface area contributed by atoms with Crippen molar-refractivity contribution in [2.45, 2.75) is 18.5 Å². The van der Waals surface area contributed by atoms with E-state index in [-0.39, 0.29) is 30.5 Å². The number of nitrogens with one attached hydrogen (secondary N) is 3. The SMILES string of the molecule is CC1(c2cccc(NC(=O)C(c3ccccc3)N3CCS(=O)(=O)CC3)c2)NC(=O)NC1=O. The van der Waals surface area contributed by atoms with Crippen LogP contribution in [0.25, 0.3) is 0 Å². The second kappa shape index (κ2) is 8.36. The van der Waals surface area contributed by atoms with Gasteiger partial charge in [0.05, 0.1) is 11.5 Å². The van der Waals surface area contributed by atoms with Gasteiger partial charge in [0, 0.05) is 18.8 Å². The van der Waals surface area contributed by atoms with E-state index in [4.69, 9.17) is 0 Å². The summed E-state index contributed by atoms with van der Waals surface area (Å²) in [5.74, 6) is -0.765. The quantitative estimate of drug-likeness (QED) is 0.580. The minimum atomic E-state index is -3.09. The first-order chi connectivity index (χ1) is 15.2. The predicted molar refractivity (Wildman–Crippen MR) is 119 cm³/mol. The Balaban J connectivity index is 1.59. The van der Waals surface area contributed by atoms with Crippen LogP contribution < -0.4 is 16.0 Å². The van der Waals surface area contributed by atoms with Gasteiger partial charge in [0.1, 0.15) is 11.6 Å². The van der Waals surface area contributed by atoms with E-state index in [9.17, 15) is 22.8 Å². The van der Waals surface area contributed by atoms with Crippen LogP contribution in [-0.4, -0.2) is 55.8 Å². The van der Waals surface area contributed by atoms with Crippen molar-refractivity contribution in [3.63, 3.8) is 0 Å². The van der Waals surface area contributed by atoms with Crippen molar-refractivity contribution in [1.82, 2.24) is 15.5 Å². The standard InChI is InChI=1S/C22H24N4O5S/c1-22(20(28)24-21(29)25-22)16-8-5-9-17(14-16)23-19(27)18(15-6-3-2-4-7-15)26-10-12-32(30,31)13-11-26/h2-9,14,18H,10-13H2,1H3,(H,23,27)(H2,24,25,28,29). The highest BCUT2D eigenvalue weighted by Crippen LogP contribution is 2.28. The first-order valence-electron chi connectivity index (χ1n) is 10.2. The molecule has 0 spiro atoms. The molecule has 0 radical (unpaired) electrons. The fourth-order valence-electron chi connectivity index (χ4n) is 4.01. The molecule has 9 nitrogen and oxygen atoms in total. The first kappa shape index (κ1) is 22.0. The van der Waals surface area contributed by atoms with E-state index in [2.05, 4.69) is 16.0 Å². The van der Waals surface area contributed by atoms with Gasteiger partial charge in [0.15, 0.2) is 9.84 Å². The molecule has 2 unspecified atom stereocenters. The summed E-state index contributed by atoms with van der Waals surface area (Å²) in [5.41, 5.74) is 0.514. The molecule has 4 rings (SSSR count). The van der Waals surface area contributed by atoms with Crippen molar-refractivity contribution in [2.24, 2.45) is 0 Å². The Morgan fingerprint density at radius 2 is 1.75 bits per heavy atom. The summed E-state index contributed by atoms with van der Waals surface area (Å²) in [6.45, 7) is 2.12. The first-order valence-corrected chi connectivity index (χ1v) is 12.0.